The molecule has 0 N–H and O–H groups in total. The van der Waals surface area contributed by atoms with Crippen molar-refractivity contribution in [2.45, 2.75) is 39.7 Å². The monoisotopic (exact) mass is 245 g/mol. The molecule has 18 heavy (non-hydrogen) atoms. The average Bonchev–Trinajstić information content (AvgIpc) is 2.41. The molecule has 1 atom stereocenters. The summed E-state index contributed by atoms with van der Waals surface area (Å²) in [7, 11) is 0. The first kappa shape index (κ1) is 13.3. The van der Waals surface area contributed by atoms with E-state index in [0.29, 0.717) is 12.2 Å². The summed E-state index contributed by atoms with van der Waals surface area (Å²) >= 11 is 0. The van der Waals surface area contributed by atoms with Crippen molar-refractivity contribution < 1.29 is 4.79 Å². The number of carbonyl (C=O) groups is 1. The molecular formula is C16H23NO. The fraction of sp³-hybridized carbons (Fsp3) is 0.562. The van der Waals surface area contributed by atoms with Gasteiger partial charge in [-0.25, -0.2) is 0 Å². The third-order valence-electron chi connectivity index (χ3n) is 3.84. The SMILES string of the molecule is CCC(=O)C1CCCN(Cc2ccc(C)cc2)C1. The molecule has 1 heterocycles. The van der Waals surface area contributed by atoms with Gasteiger partial charge < -0.3 is 0 Å². The van der Waals surface area contributed by atoms with Crippen LogP contribution in [-0.2, 0) is 11.3 Å². The van der Waals surface area contributed by atoms with Crippen molar-refractivity contribution in [3.8, 4) is 0 Å². The van der Waals surface area contributed by atoms with Crippen LogP contribution < -0.4 is 0 Å². The van der Waals surface area contributed by atoms with Crippen molar-refractivity contribution in [3.05, 3.63) is 35.4 Å². The second-order valence-electron chi connectivity index (χ2n) is 5.38. The van der Waals surface area contributed by atoms with Crippen LogP contribution in [0.4, 0.5) is 0 Å². The number of piperidine rings is 1. The number of Topliss-reactive ketones (excluding diaryl/α,β-unsaturated/α-hetero) is 1. The second kappa shape index (κ2) is 6.14. The number of carbonyl (C=O) groups excluding carboxylic acids is 1. The summed E-state index contributed by atoms with van der Waals surface area (Å²) in [5, 5.41) is 0. The summed E-state index contributed by atoms with van der Waals surface area (Å²) in [6.45, 7) is 7.14. The quantitative estimate of drug-likeness (QED) is 0.812. The molecule has 1 unspecified atom stereocenters. The van der Waals surface area contributed by atoms with Crippen LogP contribution in [-0.4, -0.2) is 23.8 Å². The highest BCUT2D eigenvalue weighted by Gasteiger charge is 2.24. The fourth-order valence-corrected chi connectivity index (χ4v) is 2.70. The zero-order chi connectivity index (χ0) is 13.0. The number of nitrogens with zero attached hydrogens (tertiary/aromatic N) is 1. The van der Waals surface area contributed by atoms with E-state index in [1.54, 1.807) is 0 Å². The van der Waals surface area contributed by atoms with Gasteiger partial charge in [0.15, 0.2) is 0 Å². The van der Waals surface area contributed by atoms with Crippen molar-refractivity contribution in [1.29, 1.82) is 0 Å². The summed E-state index contributed by atoms with van der Waals surface area (Å²) in [4.78, 5) is 14.2. The molecule has 2 nitrogen and oxygen atoms in total. The molecule has 1 aromatic carbocycles. The minimum absolute atomic E-state index is 0.272. The predicted molar refractivity (Wildman–Crippen MR) is 74.5 cm³/mol. The summed E-state index contributed by atoms with van der Waals surface area (Å²) in [5.74, 6) is 0.706. The van der Waals surface area contributed by atoms with Gasteiger partial charge in [-0.2, -0.15) is 0 Å². The van der Waals surface area contributed by atoms with Crippen molar-refractivity contribution in [2.24, 2.45) is 5.92 Å². The Morgan fingerprint density at radius 3 is 2.72 bits per heavy atom. The highest BCUT2D eigenvalue weighted by Crippen LogP contribution is 2.20. The topological polar surface area (TPSA) is 20.3 Å². The number of likely N-dealkylation sites (tertiary alicyclic amines) is 1. The van der Waals surface area contributed by atoms with Crippen molar-refractivity contribution in [2.75, 3.05) is 13.1 Å². The lowest BCUT2D eigenvalue weighted by Crippen LogP contribution is -2.38. The van der Waals surface area contributed by atoms with E-state index < -0.39 is 0 Å². The maximum absolute atomic E-state index is 11.8. The largest absolute Gasteiger partial charge is 0.299 e. The van der Waals surface area contributed by atoms with Gasteiger partial charge in [0.25, 0.3) is 0 Å². The third kappa shape index (κ3) is 3.42. The van der Waals surface area contributed by atoms with Gasteiger partial charge in [0.1, 0.15) is 5.78 Å². The fourth-order valence-electron chi connectivity index (χ4n) is 2.70. The molecule has 98 valence electrons. The number of rotatable bonds is 4. The van der Waals surface area contributed by atoms with E-state index in [4.69, 9.17) is 0 Å². The number of hydrogen-bond donors (Lipinski definition) is 0. The lowest BCUT2D eigenvalue weighted by molar-refractivity contribution is -0.124. The smallest absolute Gasteiger partial charge is 0.136 e. The van der Waals surface area contributed by atoms with Crippen LogP contribution in [0.5, 0.6) is 0 Å². The molecule has 0 spiro atoms. The molecule has 2 rings (SSSR count). The van der Waals surface area contributed by atoms with E-state index in [1.165, 1.54) is 11.1 Å². The summed E-state index contributed by atoms with van der Waals surface area (Å²) in [5.41, 5.74) is 2.65. The highest BCUT2D eigenvalue weighted by molar-refractivity contribution is 5.80. The number of aryl methyl sites for hydroxylation is 1. The standard InChI is InChI=1S/C16H23NO/c1-3-16(18)15-5-4-10-17(12-15)11-14-8-6-13(2)7-9-14/h6-9,15H,3-5,10-12H2,1-2H3. The maximum Gasteiger partial charge on any atom is 0.136 e. The van der Waals surface area contributed by atoms with Crippen molar-refractivity contribution >= 4 is 5.78 Å². The molecule has 0 saturated carbocycles. The van der Waals surface area contributed by atoms with E-state index in [-0.39, 0.29) is 5.92 Å². The molecule has 1 aliphatic heterocycles. The zero-order valence-corrected chi connectivity index (χ0v) is 11.5. The van der Waals surface area contributed by atoms with E-state index in [2.05, 4.69) is 36.1 Å². The summed E-state index contributed by atoms with van der Waals surface area (Å²) in [6, 6.07) is 8.71. The van der Waals surface area contributed by atoms with E-state index in [9.17, 15) is 4.79 Å². The predicted octanol–water partition coefficient (Wildman–Crippen LogP) is 3.19. The van der Waals surface area contributed by atoms with Crippen LogP contribution in [0.25, 0.3) is 0 Å². The van der Waals surface area contributed by atoms with Crippen LogP contribution in [0.2, 0.25) is 0 Å². The minimum Gasteiger partial charge on any atom is -0.299 e. The van der Waals surface area contributed by atoms with Crippen LogP contribution in [0.3, 0.4) is 0 Å². The Bertz CT molecular complexity index is 396. The van der Waals surface area contributed by atoms with Gasteiger partial charge in [-0.15, -0.1) is 0 Å². The molecule has 1 aromatic rings. The van der Waals surface area contributed by atoms with Crippen LogP contribution in [0.1, 0.15) is 37.3 Å². The molecular weight excluding hydrogens is 222 g/mol. The van der Waals surface area contributed by atoms with Gasteiger partial charge in [0.2, 0.25) is 0 Å². The molecule has 1 saturated heterocycles. The summed E-state index contributed by atoms with van der Waals surface area (Å²) in [6.07, 6.45) is 2.92. The molecule has 0 bridgehead atoms. The molecule has 1 fully saturated rings. The van der Waals surface area contributed by atoms with Crippen molar-refractivity contribution in [3.63, 3.8) is 0 Å². The van der Waals surface area contributed by atoms with Gasteiger partial charge >= 0.3 is 0 Å². The normalized spacial score (nSPS) is 20.9. The maximum atomic E-state index is 11.8. The average molecular weight is 245 g/mol. The number of ketones is 1. The molecule has 1 aliphatic rings. The highest BCUT2D eigenvalue weighted by atomic mass is 16.1. The van der Waals surface area contributed by atoms with E-state index in [1.807, 2.05) is 6.92 Å². The molecule has 0 radical (unpaired) electrons. The lowest BCUT2D eigenvalue weighted by Gasteiger charge is -2.31. The Morgan fingerprint density at radius 1 is 1.33 bits per heavy atom. The van der Waals surface area contributed by atoms with Crippen LogP contribution in [0.15, 0.2) is 24.3 Å². The van der Waals surface area contributed by atoms with Gasteiger partial charge in [-0.3, -0.25) is 9.69 Å². The van der Waals surface area contributed by atoms with Gasteiger partial charge in [0.05, 0.1) is 0 Å². The Labute approximate surface area is 110 Å². The molecule has 0 aromatic heterocycles. The third-order valence-corrected chi connectivity index (χ3v) is 3.84. The molecule has 0 amide bonds. The first-order valence-electron chi connectivity index (χ1n) is 6.99. The zero-order valence-electron chi connectivity index (χ0n) is 11.5. The van der Waals surface area contributed by atoms with E-state index in [0.717, 1.165) is 32.5 Å². The van der Waals surface area contributed by atoms with Crippen LogP contribution >= 0.6 is 0 Å². The van der Waals surface area contributed by atoms with Crippen molar-refractivity contribution in [1.82, 2.24) is 4.90 Å². The van der Waals surface area contributed by atoms with Gasteiger partial charge in [-0.05, 0) is 31.9 Å². The minimum atomic E-state index is 0.272. The van der Waals surface area contributed by atoms with E-state index >= 15 is 0 Å². The van der Waals surface area contributed by atoms with Gasteiger partial charge in [0, 0.05) is 25.4 Å². The first-order valence-corrected chi connectivity index (χ1v) is 6.99. The Morgan fingerprint density at radius 2 is 2.06 bits per heavy atom. The lowest BCUT2D eigenvalue weighted by atomic mass is 9.92. The summed E-state index contributed by atoms with van der Waals surface area (Å²) < 4.78 is 0. The van der Waals surface area contributed by atoms with Crippen LogP contribution in [0, 0.1) is 12.8 Å². The number of benzene rings is 1. The molecule has 0 aliphatic carbocycles. The molecule has 2 heteroatoms. The second-order valence-corrected chi connectivity index (χ2v) is 5.38. The first-order chi connectivity index (χ1) is 8.69. The Hall–Kier alpha value is -1.15. The number of hydrogen-bond acceptors (Lipinski definition) is 2. The Kier molecular flexibility index (Phi) is 4.54. The Balaban J connectivity index is 1.93. The van der Waals surface area contributed by atoms with Gasteiger partial charge in [-0.1, -0.05) is 36.8 Å².